The van der Waals surface area contributed by atoms with E-state index in [2.05, 4.69) is 17.2 Å². The largest absolute Gasteiger partial charge is 0.352 e. The van der Waals surface area contributed by atoms with Gasteiger partial charge in [-0.15, -0.1) is 0 Å². The van der Waals surface area contributed by atoms with Crippen molar-refractivity contribution in [2.45, 2.75) is 0 Å². The minimum absolute atomic E-state index is 0.267. The van der Waals surface area contributed by atoms with E-state index in [4.69, 9.17) is 5.73 Å². The maximum Gasteiger partial charge on any atom is 0.312 e. The fourth-order valence-electron chi connectivity index (χ4n) is 0.444. The zero-order valence-corrected chi connectivity index (χ0v) is 6.09. The highest BCUT2D eigenvalue weighted by Crippen LogP contribution is 1.64. The number of hydrogen-bond donors (Lipinski definition) is 3. The summed E-state index contributed by atoms with van der Waals surface area (Å²) in [6.45, 7) is 3.93. The number of hydrogen-bond acceptors (Lipinski definition) is 2. The van der Waals surface area contributed by atoms with Crippen molar-refractivity contribution in [2.75, 3.05) is 13.1 Å². The Morgan fingerprint density at radius 3 is 2.36 bits per heavy atom. The highest BCUT2D eigenvalue weighted by molar-refractivity contribution is 5.86. The highest BCUT2D eigenvalue weighted by Gasteiger charge is 1.92. The molecule has 5 heteroatoms. The van der Waals surface area contributed by atoms with Gasteiger partial charge in [0.15, 0.2) is 0 Å². The number of nitrogens with one attached hydrogen (secondary N) is 2. The molecule has 0 spiro atoms. The molecule has 0 saturated carbocycles. The first-order chi connectivity index (χ1) is 5.16. The fraction of sp³-hybridized carbons (Fsp3) is 0.333. The van der Waals surface area contributed by atoms with Crippen LogP contribution in [0.2, 0.25) is 0 Å². The number of nitrogens with two attached hydrogens (primary N) is 1. The molecule has 0 rings (SSSR count). The molecular weight excluding hydrogens is 146 g/mol. The third-order valence-electron chi connectivity index (χ3n) is 0.909. The van der Waals surface area contributed by atoms with Gasteiger partial charge < -0.3 is 16.4 Å². The van der Waals surface area contributed by atoms with Crippen LogP contribution in [0.15, 0.2) is 12.7 Å². The van der Waals surface area contributed by atoms with E-state index < -0.39 is 6.03 Å². The summed E-state index contributed by atoms with van der Waals surface area (Å²) < 4.78 is 0. The van der Waals surface area contributed by atoms with Crippen molar-refractivity contribution < 1.29 is 9.59 Å². The Morgan fingerprint density at radius 1 is 1.36 bits per heavy atom. The molecule has 0 aliphatic carbocycles. The van der Waals surface area contributed by atoms with Crippen LogP contribution in [0.5, 0.6) is 0 Å². The quantitative estimate of drug-likeness (QED) is 0.359. The van der Waals surface area contributed by atoms with Gasteiger partial charge in [-0.3, -0.25) is 4.79 Å². The lowest BCUT2D eigenvalue weighted by Gasteiger charge is -2.01. The second-order valence-electron chi connectivity index (χ2n) is 1.79. The Labute approximate surface area is 64.6 Å². The summed E-state index contributed by atoms with van der Waals surface area (Å²) >= 11 is 0. The Kier molecular flexibility index (Phi) is 4.55. The van der Waals surface area contributed by atoms with Crippen LogP contribution in [0.4, 0.5) is 4.79 Å². The summed E-state index contributed by atoms with van der Waals surface area (Å²) in [6.07, 6.45) is 1.16. The molecular formula is C6H11N3O2. The Bertz CT molecular complexity index is 167. The third kappa shape index (κ3) is 6.36. The zero-order chi connectivity index (χ0) is 8.69. The van der Waals surface area contributed by atoms with Crippen LogP contribution in [-0.2, 0) is 4.79 Å². The van der Waals surface area contributed by atoms with Gasteiger partial charge in [-0.05, 0) is 6.08 Å². The lowest BCUT2D eigenvalue weighted by molar-refractivity contribution is -0.116. The number of rotatable bonds is 4. The van der Waals surface area contributed by atoms with Crippen molar-refractivity contribution in [3.63, 3.8) is 0 Å². The van der Waals surface area contributed by atoms with Gasteiger partial charge in [-0.1, -0.05) is 6.58 Å². The Hall–Kier alpha value is -1.52. The summed E-state index contributed by atoms with van der Waals surface area (Å²) in [5.74, 6) is -0.267. The number of urea groups is 1. The number of carbonyl (C=O) groups excluding carboxylic acids is 2. The van der Waals surface area contributed by atoms with Crippen LogP contribution in [0, 0.1) is 0 Å². The molecule has 0 aliphatic rings. The summed E-state index contributed by atoms with van der Waals surface area (Å²) in [7, 11) is 0. The SMILES string of the molecule is C=CC(=O)NCCNC(N)=O. The molecule has 0 aromatic rings. The minimum Gasteiger partial charge on any atom is -0.352 e. The summed E-state index contributed by atoms with van der Waals surface area (Å²) in [4.78, 5) is 20.6. The van der Waals surface area contributed by atoms with Crippen LogP contribution < -0.4 is 16.4 Å². The van der Waals surface area contributed by atoms with Gasteiger partial charge in [0.1, 0.15) is 0 Å². The third-order valence-corrected chi connectivity index (χ3v) is 0.909. The van der Waals surface area contributed by atoms with E-state index in [0.717, 1.165) is 6.08 Å². The molecule has 0 aromatic heterocycles. The van der Waals surface area contributed by atoms with Crippen LogP contribution in [0.3, 0.4) is 0 Å². The van der Waals surface area contributed by atoms with Crippen molar-refractivity contribution in [1.29, 1.82) is 0 Å². The molecule has 0 fully saturated rings. The molecule has 0 atom stereocenters. The van der Waals surface area contributed by atoms with Gasteiger partial charge >= 0.3 is 6.03 Å². The second-order valence-corrected chi connectivity index (χ2v) is 1.79. The highest BCUT2D eigenvalue weighted by atomic mass is 16.2. The first-order valence-corrected chi connectivity index (χ1v) is 3.10. The van der Waals surface area contributed by atoms with Gasteiger partial charge in [0.2, 0.25) is 5.91 Å². The second kappa shape index (κ2) is 5.28. The molecule has 0 heterocycles. The molecule has 0 aliphatic heterocycles. The van der Waals surface area contributed by atoms with Crippen molar-refractivity contribution in [1.82, 2.24) is 10.6 Å². The molecule has 11 heavy (non-hydrogen) atoms. The lowest BCUT2D eigenvalue weighted by Crippen LogP contribution is -2.36. The molecule has 5 nitrogen and oxygen atoms in total. The van der Waals surface area contributed by atoms with Gasteiger partial charge in [0.25, 0.3) is 0 Å². The topological polar surface area (TPSA) is 84.2 Å². The molecule has 0 unspecified atom stereocenters. The fourth-order valence-corrected chi connectivity index (χ4v) is 0.444. The van der Waals surface area contributed by atoms with Crippen molar-refractivity contribution in [3.8, 4) is 0 Å². The standard InChI is InChI=1S/C6H11N3O2/c1-2-5(10)8-3-4-9-6(7)11/h2H,1,3-4H2,(H,8,10)(H3,7,9,11). The molecule has 0 aromatic carbocycles. The van der Waals surface area contributed by atoms with Gasteiger partial charge in [0, 0.05) is 13.1 Å². The Balaban J connectivity index is 3.21. The predicted octanol–water partition coefficient (Wildman–Crippen LogP) is -1.04. The van der Waals surface area contributed by atoms with Crippen molar-refractivity contribution >= 4 is 11.9 Å². The van der Waals surface area contributed by atoms with Crippen molar-refractivity contribution in [3.05, 3.63) is 12.7 Å². The summed E-state index contributed by atoms with van der Waals surface area (Å²) in [6, 6.07) is -0.599. The molecule has 0 saturated heterocycles. The number of primary amides is 1. The van der Waals surface area contributed by atoms with Gasteiger partial charge in [-0.2, -0.15) is 0 Å². The molecule has 62 valence electrons. The molecule has 3 amide bonds. The van der Waals surface area contributed by atoms with Gasteiger partial charge in [0.05, 0.1) is 0 Å². The van der Waals surface area contributed by atoms with Crippen LogP contribution >= 0.6 is 0 Å². The Morgan fingerprint density at radius 2 is 1.91 bits per heavy atom. The van der Waals surface area contributed by atoms with E-state index in [1.54, 1.807) is 0 Å². The van der Waals surface area contributed by atoms with E-state index in [-0.39, 0.29) is 5.91 Å². The smallest absolute Gasteiger partial charge is 0.312 e. The maximum absolute atomic E-state index is 10.5. The number of amides is 3. The molecule has 4 N–H and O–H groups in total. The minimum atomic E-state index is -0.599. The average molecular weight is 157 g/mol. The maximum atomic E-state index is 10.5. The van der Waals surface area contributed by atoms with Crippen LogP contribution in [-0.4, -0.2) is 25.0 Å². The monoisotopic (exact) mass is 157 g/mol. The van der Waals surface area contributed by atoms with Crippen LogP contribution in [0.1, 0.15) is 0 Å². The molecule has 0 bridgehead atoms. The van der Waals surface area contributed by atoms with Gasteiger partial charge in [-0.25, -0.2) is 4.79 Å². The van der Waals surface area contributed by atoms with E-state index in [0.29, 0.717) is 13.1 Å². The van der Waals surface area contributed by atoms with E-state index in [9.17, 15) is 9.59 Å². The normalized spacial score (nSPS) is 8.36. The van der Waals surface area contributed by atoms with Crippen LogP contribution in [0.25, 0.3) is 0 Å². The summed E-state index contributed by atoms with van der Waals surface area (Å²) in [5, 5.41) is 4.78. The zero-order valence-electron chi connectivity index (χ0n) is 6.09. The van der Waals surface area contributed by atoms with E-state index in [1.165, 1.54) is 0 Å². The predicted molar refractivity (Wildman–Crippen MR) is 40.8 cm³/mol. The average Bonchev–Trinajstić information content (AvgIpc) is 1.97. The first-order valence-electron chi connectivity index (χ1n) is 3.10. The number of carbonyl (C=O) groups is 2. The summed E-state index contributed by atoms with van der Waals surface area (Å²) in [5.41, 5.74) is 4.76. The van der Waals surface area contributed by atoms with E-state index in [1.807, 2.05) is 0 Å². The molecule has 0 radical (unpaired) electrons. The van der Waals surface area contributed by atoms with E-state index >= 15 is 0 Å². The lowest BCUT2D eigenvalue weighted by atomic mass is 10.5. The van der Waals surface area contributed by atoms with Crippen molar-refractivity contribution in [2.24, 2.45) is 5.73 Å². The first kappa shape index (κ1) is 9.48.